The van der Waals surface area contributed by atoms with Crippen LogP contribution in [0.4, 0.5) is 0 Å². The van der Waals surface area contributed by atoms with Crippen LogP contribution in [-0.4, -0.2) is 40.1 Å². The summed E-state index contributed by atoms with van der Waals surface area (Å²) in [5.74, 6) is -0.354. The Morgan fingerprint density at radius 3 is 2.50 bits per heavy atom. The number of hydrogen-bond acceptors (Lipinski definition) is 4. The number of carbonyl (C=O) groups excluding carboxylic acids is 1. The van der Waals surface area contributed by atoms with E-state index < -0.39 is 16.1 Å². The van der Waals surface area contributed by atoms with Crippen LogP contribution in [0.15, 0.2) is 29.2 Å². The second-order valence-corrected chi connectivity index (χ2v) is 6.71. The average molecular weight is 328 g/mol. The number of rotatable bonds is 9. The summed E-state index contributed by atoms with van der Waals surface area (Å²) in [6.07, 6.45) is 0.691. The lowest BCUT2D eigenvalue weighted by Gasteiger charge is -2.14. The summed E-state index contributed by atoms with van der Waals surface area (Å²) in [5.41, 5.74) is 0.971. The van der Waals surface area contributed by atoms with Crippen LogP contribution in [0.3, 0.4) is 0 Å². The second-order valence-electron chi connectivity index (χ2n) is 5.00. The van der Waals surface area contributed by atoms with Gasteiger partial charge in [0.25, 0.3) is 0 Å². The molecule has 1 amide bonds. The molecule has 1 aromatic rings. The van der Waals surface area contributed by atoms with Gasteiger partial charge in [0.1, 0.15) is 0 Å². The zero-order chi connectivity index (χ0) is 16.6. The van der Waals surface area contributed by atoms with Gasteiger partial charge in [0.05, 0.1) is 10.9 Å². The van der Waals surface area contributed by atoms with Crippen molar-refractivity contribution in [2.45, 2.75) is 38.1 Å². The van der Waals surface area contributed by atoms with E-state index in [0.717, 1.165) is 5.56 Å². The standard InChI is InChI=1S/C15H24N2O4S/c1-4-21-11-5-10-16-15(18)13(3)17-22(19,20)14-8-6-12(2)7-9-14/h6-9,13,17H,4-5,10-11H2,1-3H3,(H,16,18)/t13-/m1/s1. The lowest BCUT2D eigenvalue weighted by atomic mass is 10.2. The highest BCUT2D eigenvalue weighted by atomic mass is 32.2. The minimum atomic E-state index is -3.70. The normalized spacial score (nSPS) is 12.9. The Labute approximate surface area is 132 Å². The summed E-state index contributed by atoms with van der Waals surface area (Å²) in [7, 11) is -3.70. The molecule has 0 radical (unpaired) electrons. The molecular formula is C15H24N2O4S. The molecule has 0 bridgehead atoms. The van der Waals surface area contributed by atoms with Gasteiger partial charge in [0.15, 0.2) is 0 Å². The van der Waals surface area contributed by atoms with Crippen molar-refractivity contribution in [1.82, 2.24) is 10.0 Å². The second kappa shape index (κ2) is 8.87. The first-order valence-corrected chi connectivity index (χ1v) is 8.79. The molecule has 0 aliphatic heterocycles. The van der Waals surface area contributed by atoms with E-state index in [1.807, 2.05) is 13.8 Å². The van der Waals surface area contributed by atoms with Crippen molar-refractivity contribution >= 4 is 15.9 Å². The average Bonchev–Trinajstić information content (AvgIpc) is 2.46. The van der Waals surface area contributed by atoms with Crippen LogP contribution < -0.4 is 10.0 Å². The maximum atomic E-state index is 12.2. The fourth-order valence-electron chi connectivity index (χ4n) is 1.75. The molecule has 7 heteroatoms. The Hall–Kier alpha value is -1.44. The third-order valence-corrected chi connectivity index (χ3v) is 4.58. The van der Waals surface area contributed by atoms with Crippen molar-refractivity contribution in [2.24, 2.45) is 0 Å². The van der Waals surface area contributed by atoms with E-state index in [4.69, 9.17) is 4.74 Å². The fraction of sp³-hybridized carbons (Fsp3) is 0.533. The van der Waals surface area contributed by atoms with Crippen molar-refractivity contribution in [3.05, 3.63) is 29.8 Å². The number of nitrogens with one attached hydrogen (secondary N) is 2. The quantitative estimate of drug-likeness (QED) is 0.667. The number of carbonyl (C=O) groups is 1. The molecule has 0 unspecified atom stereocenters. The zero-order valence-electron chi connectivity index (χ0n) is 13.3. The van der Waals surface area contributed by atoms with Crippen LogP contribution >= 0.6 is 0 Å². The number of hydrogen-bond donors (Lipinski definition) is 2. The van der Waals surface area contributed by atoms with E-state index in [1.165, 1.54) is 19.1 Å². The molecule has 124 valence electrons. The van der Waals surface area contributed by atoms with Crippen LogP contribution in [0, 0.1) is 6.92 Å². The lowest BCUT2D eigenvalue weighted by molar-refractivity contribution is -0.122. The van der Waals surface area contributed by atoms with Gasteiger partial charge >= 0.3 is 0 Å². The van der Waals surface area contributed by atoms with E-state index in [0.29, 0.717) is 26.2 Å². The summed E-state index contributed by atoms with van der Waals surface area (Å²) < 4.78 is 31.9. The third kappa shape index (κ3) is 6.13. The highest BCUT2D eigenvalue weighted by molar-refractivity contribution is 7.89. The van der Waals surface area contributed by atoms with Gasteiger partial charge < -0.3 is 10.1 Å². The summed E-state index contributed by atoms with van der Waals surface area (Å²) in [5, 5.41) is 2.68. The van der Waals surface area contributed by atoms with Crippen molar-refractivity contribution in [3.8, 4) is 0 Å². The first-order chi connectivity index (χ1) is 10.4. The molecule has 22 heavy (non-hydrogen) atoms. The van der Waals surface area contributed by atoms with Crippen molar-refractivity contribution in [2.75, 3.05) is 19.8 Å². The Morgan fingerprint density at radius 2 is 1.91 bits per heavy atom. The maximum Gasteiger partial charge on any atom is 0.241 e. The molecular weight excluding hydrogens is 304 g/mol. The van der Waals surface area contributed by atoms with Crippen molar-refractivity contribution in [1.29, 1.82) is 0 Å². The summed E-state index contributed by atoms with van der Waals surface area (Å²) in [6.45, 7) is 6.96. The zero-order valence-corrected chi connectivity index (χ0v) is 14.1. The minimum Gasteiger partial charge on any atom is -0.382 e. The molecule has 0 saturated heterocycles. The number of aryl methyl sites for hydroxylation is 1. The van der Waals surface area contributed by atoms with Crippen LogP contribution in [0.2, 0.25) is 0 Å². The summed E-state index contributed by atoms with van der Waals surface area (Å²) in [6, 6.07) is 5.63. The number of amides is 1. The highest BCUT2D eigenvalue weighted by Gasteiger charge is 2.21. The Morgan fingerprint density at radius 1 is 1.27 bits per heavy atom. The molecule has 0 fully saturated rings. The highest BCUT2D eigenvalue weighted by Crippen LogP contribution is 2.10. The Kier molecular flexibility index (Phi) is 7.50. The number of sulfonamides is 1. The van der Waals surface area contributed by atoms with Gasteiger partial charge in [-0.2, -0.15) is 4.72 Å². The third-order valence-electron chi connectivity index (χ3n) is 3.03. The molecule has 2 N–H and O–H groups in total. The van der Waals surface area contributed by atoms with Crippen molar-refractivity contribution in [3.63, 3.8) is 0 Å². The molecule has 1 rings (SSSR count). The van der Waals surface area contributed by atoms with Crippen LogP contribution in [0.25, 0.3) is 0 Å². The van der Waals surface area contributed by atoms with Gasteiger partial charge in [-0.05, 0) is 39.3 Å². The van der Waals surface area contributed by atoms with Gasteiger partial charge in [-0.25, -0.2) is 8.42 Å². The molecule has 0 aliphatic rings. The minimum absolute atomic E-state index is 0.147. The molecule has 0 aliphatic carbocycles. The van der Waals surface area contributed by atoms with E-state index in [9.17, 15) is 13.2 Å². The fourth-order valence-corrected chi connectivity index (χ4v) is 2.96. The largest absolute Gasteiger partial charge is 0.382 e. The predicted octanol–water partition coefficient (Wildman–Crippen LogP) is 1.20. The first-order valence-electron chi connectivity index (χ1n) is 7.31. The molecule has 0 aromatic heterocycles. The van der Waals surface area contributed by atoms with Gasteiger partial charge in [-0.1, -0.05) is 17.7 Å². The van der Waals surface area contributed by atoms with Crippen LogP contribution in [0.1, 0.15) is 25.8 Å². The van der Waals surface area contributed by atoms with Gasteiger partial charge in [-0.3, -0.25) is 4.79 Å². The molecule has 6 nitrogen and oxygen atoms in total. The van der Waals surface area contributed by atoms with Gasteiger partial charge in [0.2, 0.25) is 15.9 Å². The van der Waals surface area contributed by atoms with E-state index in [-0.39, 0.29) is 10.8 Å². The van der Waals surface area contributed by atoms with E-state index >= 15 is 0 Å². The molecule has 0 heterocycles. The predicted molar refractivity (Wildman–Crippen MR) is 85.1 cm³/mol. The smallest absolute Gasteiger partial charge is 0.241 e. The monoisotopic (exact) mass is 328 g/mol. The molecule has 0 saturated carbocycles. The van der Waals surface area contributed by atoms with Crippen LogP contribution in [0.5, 0.6) is 0 Å². The van der Waals surface area contributed by atoms with Gasteiger partial charge in [-0.15, -0.1) is 0 Å². The Balaban J connectivity index is 2.50. The van der Waals surface area contributed by atoms with Crippen molar-refractivity contribution < 1.29 is 17.9 Å². The summed E-state index contributed by atoms with van der Waals surface area (Å²) in [4.78, 5) is 12.0. The Bertz CT molecular complexity index is 570. The van der Waals surface area contributed by atoms with E-state index in [1.54, 1.807) is 12.1 Å². The number of ether oxygens (including phenoxy) is 1. The molecule has 1 aromatic carbocycles. The first kappa shape index (κ1) is 18.6. The van der Waals surface area contributed by atoms with Crippen LogP contribution in [-0.2, 0) is 19.6 Å². The SMILES string of the molecule is CCOCCCNC(=O)[C@@H](C)NS(=O)(=O)c1ccc(C)cc1. The van der Waals surface area contributed by atoms with Gasteiger partial charge in [0, 0.05) is 19.8 Å². The van der Waals surface area contributed by atoms with E-state index in [2.05, 4.69) is 10.0 Å². The number of benzene rings is 1. The summed E-state index contributed by atoms with van der Waals surface area (Å²) >= 11 is 0. The molecule has 1 atom stereocenters. The lowest BCUT2D eigenvalue weighted by Crippen LogP contribution is -2.45. The molecule has 0 spiro atoms. The maximum absolute atomic E-state index is 12.2. The topological polar surface area (TPSA) is 84.5 Å².